The zero-order valence-electron chi connectivity index (χ0n) is 19.2. The normalized spacial score (nSPS) is 11.3. The van der Waals surface area contributed by atoms with Crippen LogP contribution in [-0.4, -0.2) is 31.2 Å². The number of hydrogen-bond acceptors (Lipinski definition) is 6. The number of nitrogens with one attached hydrogen (secondary N) is 2. The van der Waals surface area contributed by atoms with Crippen LogP contribution in [0.4, 0.5) is 11.4 Å². The van der Waals surface area contributed by atoms with Crippen molar-refractivity contribution in [2.45, 2.75) is 24.8 Å². The summed E-state index contributed by atoms with van der Waals surface area (Å²) in [5.74, 6) is 0.0489. The first-order valence-electron chi connectivity index (χ1n) is 10.9. The van der Waals surface area contributed by atoms with E-state index in [-0.39, 0.29) is 21.8 Å². The number of aryl methyl sites for hydroxylation is 1. The summed E-state index contributed by atoms with van der Waals surface area (Å²) in [6.45, 7) is 2.28. The van der Waals surface area contributed by atoms with Gasteiger partial charge in [-0.15, -0.1) is 0 Å². The highest BCUT2D eigenvalue weighted by atomic mass is 32.2. The highest BCUT2D eigenvalue weighted by Crippen LogP contribution is 2.22. The summed E-state index contributed by atoms with van der Waals surface area (Å²) in [4.78, 5) is 25.8. The predicted molar refractivity (Wildman–Crippen MR) is 134 cm³/mol. The van der Waals surface area contributed by atoms with E-state index >= 15 is 0 Å². The number of fused-ring (bicyclic) bond motifs is 1. The van der Waals surface area contributed by atoms with Crippen molar-refractivity contribution in [2.75, 3.05) is 17.1 Å². The van der Waals surface area contributed by atoms with E-state index in [1.165, 1.54) is 30.0 Å². The fourth-order valence-corrected chi connectivity index (χ4v) is 4.67. The number of carbonyl (C=O) groups excluding carboxylic acids is 1. The molecule has 10 heteroatoms. The lowest BCUT2D eigenvalue weighted by atomic mass is 10.1. The molecule has 0 bridgehead atoms. The summed E-state index contributed by atoms with van der Waals surface area (Å²) in [5.41, 5.74) is 0.454. The molecule has 1 heterocycles. The Hall–Kier alpha value is -4.18. The van der Waals surface area contributed by atoms with Gasteiger partial charge in [-0.2, -0.15) is 5.10 Å². The van der Waals surface area contributed by atoms with Gasteiger partial charge in [0.1, 0.15) is 5.75 Å². The number of sulfonamides is 1. The lowest BCUT2D eigenvalue weighted by molar-refractivity contribution is 0.102. The molecule has 0 aliphatic carbocycles. The van der Waals surface area contributed by atoms with E-state index in [1.807, 2.05) is 6.92 Å². The summed E-state index contributed by atoms with van der Waals surface area (Å²) in [6.07, 6.45) is 0.674. The summed E-state index contributed by atoms with van der Waals surface area (Å²) < 4.78 is 34.6. The molecule has 1 aromatic heterocycles. The number of hydrogen-bond donors (Lipinski definition) is 2. The number of rotatable bonds is 8. The first kappa shape index (κ1) is 24.0. The van der Waals surface area contributed by atoms with Gasteiger partial charge in [-0.3, -0.25) is 14.3 Å². The average Bonchev–Trinajstić information content (AvgIpc) is 2.86. The highest BCUT2D eigenvalue weighted by molar-refractivity contribution is 7.92. The van der Waals surface area contributed by atoms with E-state index in [0.29, 0.717) is 35.2 Å². The monoisotopic (exact) mass is 492 g/mol. The third kappa shape index (κ3) is 5.17. The molecule has 180 valence electrons. The van der Waals surface area contributed by atoms with E-state index in [4.69, 9.17) is 4.74 Å². The lowest BCUT2D eigenvalue weighted by Gasteiger charge is -2.12. The number of methoxy groups -OCH3 is 1. The number of aromatic nitrogens is 2. The van der Waals surface area contributed by atoms with E-state index in [9.17, 15) is 18.0 Å². The predicted octanol–water partition coefficient (Wildman–Crippen LogP) is 3.87. The number of nitrogens with zero attached hydrogens (tertiary/aromatic N) is 2. The Morgan fingerprint density at radius 3 is 2.37 bits per heavy atom. The van der Waals surface area contributed by atoms with Crippen LogP contribution in [0.3, 0.4) is 0 Å². The fraction of sp³-hybridized carbons (Fsp3) is 0.160. The number of benzene rings is 3. The molecule has 3 aromatic carbocycles. The van der Waals surface area contributed by atoms with Crippen LogP contribution in [0, 0.1) is 0 Å². The van der Waals surface area contributed by atoms with E-state index in [0.717, 1.165) is 0 Å². The third-order valence-electron chi connectivity index (χ3n) is 5.26. The maximum atomic E-state index is 13.1. The van der Waals surface area contributed by atoms with Gasteiger partial charge in [-0.05, 0) is 55.0 Å². The Balaban J connectivity index is 1.62. The summed E-state index contributed by atoms with van der Waals surface area (Å²) in [7, 11) is -2.39. The van der Waals surface area contributed by atoms with Gasteiger partial charge in [0.2, 0.25) is 0 Å². The van der Waals surface area contributed by atoms with Gasteiger partial charge in [0.05, 0.1) is 17.4 Å². The number of ether oxygens (including phenoxy) is 1. The van der Waals surface area contributed by atoms with Gasteiger partial charge < -0.3 is 10.1 Å². The average molecular weight is 493 g/mol. The molecule has 4 aromatic rings. The van der Waals surface area contributed by atoms with Gasteiger partial charge >= 0.3 is 0 Å². The van der Waals surface area contributed by atoms with E-state index in [1.54, 1.807) is 54.6 Å². The van der Waals surface area contributed by atoms with Crippen molar-refractivity contribution in [2.24, 2.45) is 0 Å². The minimum Gasteiger partial charge on any atom is -0.497 e. The Labute approximate surface area is 202 Å². The zero-order chi connectivity index (χ0) is 25.0. The zero-order valence-corrected chi connectivity index (χ0v) is 20.0. The molecule has 0 aliphatic heterocycles. The first-order chi connectivity index (χ1) is 16.8. The van der Waals surface area contributed by atoms with Crippen molar-refractivity contribution in [1.29, 1.82) is 0 Å². The van der Waals surface area contributed by atoms with E-state index in [2.05, 4.69) is 15.1 Å². The Bertz CT molecular complexity index is 1550. The van der Waals surface area contributed by atoms with Crippen molar-refractivity contribution < 1.29 is 17.9 Å². The van der Waals surface area contributed by atoms with Crippen molar-refractivity contribution in [3.05, 3.63) is 88.8 Å². The molecule has 0 unspecified atom stereocenters. The Morgan fingerprint density at radius 2 is 1.69 bits per heavy atom. The van der Waals surface area contributed by atoms with Crippen LogP contribution in [0.15, 0.2) is 82.5 Å². The van der Waals surface area contributed by atoms with Crippen molar-refractivity contribution in [3.63, 3.8) is 0 Å². The second-order valence-electron chi connectivity index (χ2n) is 7.74. The molecule has 4 rings (SSSR count). The smallest absolute Gasteiger partial charge is 0.276 e. The highest BCUT2D eigenvalue weighted by Gasteiger charge is 2.19. The van der Waals surface area contributed by atoms with Crippen LogP contribution in [0.5, 0.6) is 5.75 Å². The molecule has 0 spiro atoms. The topological polar surface area (TPSA) is 119 Å². The summed E-state index contributed by atoms with van der Waals surface area (Å²) >= 11 is 0. The minimum absolute atomic E-state index is 0.0279. The molecule has 1 amide bonds. The molecule has 0 radical (unpaired) electrons. The molecule has 0 fully saturated rings. The van der Waals surface area contributed by atoms with Crippen molar-refractivity contribution in [3.8, 4) is 5.75 Å². The summed E-state index contributed by atoms with van der Waals surface area (Å²) in [6, 6.07) is 19.1. The number of amides is 1. The molecule has 35 heavy (non-hydrogen) atoms. The second kappa shape index (κ2) is 9.98. The molecule has 2 N–H and O–H groups in total. The van der Waals surface area contributed by atoms with Crippen LogP contribution >= 0.6 is 0 Å². The third-order valence-corrected chi connectivity index (χ3v) is 6.64. The van der Waals surface area contributed by atoms with Gasteiger partial charge in [0, 0.05) is 23.3 Å². The van der Waals surface area contributed by atoms with Crippen LogP contribution in [-0.2, 0) is 16.6 Å². The first-order valence-corrected chi connectivity index (χ1v) is 12.4. The van der Waals surface area contributed by atoms with Gasteiger partial charge in [0.25, 0.3) is 21.5 Å². The fourth-order valence-electron chi connectivity index (χ4n) is 3.57. The lowest BCUT2D eigenvalue weighted by Crippen LogP contribution is -2.27. The molecule has 0 atom stereocenters. The number of anilines is 2. The van der Waals surface area contributed by atoms with Crippen molar-refractivity contribution >= 4 is 38.1 Å². The summed E-state index contributed by atoms with van der Waals surface area (Å²) in [5, 5.41) is 7.80. The van der Waals surface area contributed by atoms with Gasteiger partial charge in [-0.25, -0.2) is 13.1 Å². The largest absolute Gasteiger partial charge is 0.497 e. The number of carbonyl (C=O) groups is 1. The van der Waals surface area contributed by atoms with Crippen LogP contribution in [0.2, 0.25) is 0 Å². The minimum atomic E-state index is -3.91. The quantitative estimate of drug-likeness (QED) is 0.385. The van der Waals surface area contributed by atoms with Crippen LogP contribution in [0.25, 0.3) is 10.8 Å². The molecular weight excluding hydrogens is 468 g/mol. The Morgan fingerprint density at radius 1 is 0.971 bits per heavy atom. The molecular formula is C25H24N4O5S. The molecule has 0 saturated heterocycles. The molecule has 9 nitrogen and oxygen atoms in total. The van der Waals surface area contributed by atoms with Gasteiger partial charge in [-0.1, -0.05) is 31.2 Å². The molecule has 0 aliphatic rings. The second-order valence-corrected chi connectivity index (χ2v) is 9.42. The van der Waals surface area contributed by atoms with Gasteiger partial charge in [0.15, 0.2) is 5.69 Å². The molecule has 0 saturated carbocycles. The van der Waals surface area contributed by atoms with E-state index < -0.39 is 15.9 Å². The maximum Gasteiger partial charge on any atom is 0.276 e. The SMILES string of the molecule is CCCn1nc(C(=O)Nc2cccc(S(=O)(=O)Nc3ccc(OC)cc3)c2)c2ccccc2c1=O. The van der Waals surface area contributed by atoms with Crippen LogP contribution < -0.4 is 20.3 Å². The van der Waals surface area contributed by atoms with Crippen molar-refractivity contribution in [1.82, 2.24) is 9.78 Å². The standard InChI is InChI=1S/C25H24N4O5S/c1-3-15-29-25(31)22-10-5-4-9-21(22)23(27-29)24(30)26-18-7-6-8-20(16-18)35(32,33)28-17-11-13-19(34-2)14-12-17/h4-14,16,28H,3,15H2,1-2H3,(H,26,30). The Kier molecular flexibility index (Phi) is 6.83. The maximum absolute atomic E-state index is 13.1. The van der Waals surface area contributed by atoms with Crippen LogP contribution in [0.1, 0.15) is 23.8 Å².